The Hall–Kier alpha value is -1.59. The number of unbranched alkanes of at least 4 members (excludes halogenated alkanes) is 1. The minimum Gasteiger partial charge on any atom is -0.396 e. The zero-order chi connectivity index (χ0) is 16.5. The average molecular weight is 320 g/mol. The number of carbonyl (C=O) groups excluding carboxylic acids is 1. The first-order valence-electron chi connectivity index (χ1n) is 8.47. The van der Waals surface area contributed by atoms with Crippen molar-refractivity contribution in [1.29, 1.82) is 0 Å². The Kier molecular flexibility index (Phi) is 7.36. The zero-order valence-electron chi connectivity index (χ0n) is 14.0. The van der Waals surface area contributed by atoms with Crippen LogP contribution >= 0.6 is 0 Å². The van der Waals surface area contributed by atoms with Crippen LogP contribution in [0.1, 0.15) is 36.0 Å². The summed E-state index contributed by atoms with van der Waals surface area (Å²) < 4.78 is 5.03. The number of amides is 1. The molecule has 5 heteroatoms. The van der Waals surface area contributed by atoms with E-state index in [0.29, 0.717) is 5.92 Å². The number of anilines is 1. The van der Waals surface area contributed by atoms with E-state index in [1.807, 2.05) is 29.2 Å². The van der Waals surface area contributed by atoms with Crippen LogP contribution < -0.4 is 5.32 Å². The van der Waals surface area contributed by atoms with E-state index in [9.17, 15) is 9.90 Å². The third-order valence-corrected chi connectivity index (χ3v) is 4.37. The van der Waals surface area contributed by atoms with Gasteiger partial charge in [0.15, 0.2) is 0 Å². The Bertz CT molecular complexity index is 485. The summed E-state index contributed by atoms with van der Waals surface area (Å²) in [5.41, 5.74) is 1.72. The SMILES string of the molecule is COCCCCNc1cccc(C(=O)N2CCC(CO)CC2)c1. The van der Waals surface area contributed by atoms with Gasteiger partial charge in [0.05, 0.1) is 0 Å². The molecule has 1 aromatic carbocycles. The molecule has 1 amide bonds. The van der Waals surface area contributed by atoms with Gasteiger partial charge in [-0.2, -0.15) is 0 Å². The summed E-state index contributed by atoms with van der Waals surface area (Å²) in [6.07, 6.45) is 3.85. The number of methoxy groups -OCH3 is 1. The molecule has 0 unspecified atom stereocenters. The summed E-state index contributed by atoms with van der Waals surface area (Å²) in [5.74, 6) is 0.434. The second kappa shape index (κ2) is 9.53. The molecule has 5 nitrogen and oxygen atoms in total. The van der Waals surface area contributed by atoms with Gasteiger partial charge in [0.1, 0.15) is 0 Å². The van der Waals surface area contributed by atoms with Crippen LogP contribution in [0.4, 0.5) is 5.69 Å². The number of aliphatic hydroxyl groups is 1. The van der Waals surface area contributed by atoms with Gasteiger partial charge >= 0.3 is 0 Å². The van der Waals surface area contributed by atoms with Crippen LogP contribution in [0.2, 0.25) is 0 Å². The molecular formula is C18H28N2O3. The third kappa shape index (κ3) is 5.52. The summed E-state index contributed by atoms with van der Waals surface area (Å²) in [6, 6.07) is 7.71. The van der Waals surface area contributed by atoms with Crippen molar-refractivity contribution < 1.29 is 14.6 Å². The van der Waals surface area contributed by atoms with E-state index in [1.165, 1.54) is 0 Å². The zero-order valence-corrected chi connectivity index (χ0v) is 14.0. The molecule has 0 aromatic heterocycles. The molecule has 0 spiro atoms. The van der Waals surface area contributed by atoms with Gasteiger partial charge in [-0.3, -0.25) is 4.79 Å². The first kappa shape index (κ1) is 17.8. The maximum atomic E-state index is 12.6. The summed E-state index contributed by atoms with van der Waals surface area (Å²) in [5, 5.41) is 12.5. The number of carbonyl (C=O) groups is 1. The number of likely N-dealkylation sites (tertiary alicyclic amines) is 1. The van der Waals surface area contributed by atoms with Crippen LogP contribution in [0.3, 0.4) is 0 Å². The lowest BCUT2D eigenvalue weighted by molar-refractivity contribution is 0.0651. The highest BCUT2D eigenvalue weighted by Gasteiger charge is 2.23. The van der Waals surface area contributed by atoms with Crippen LogP contribution in [-0.4, -0.2) is 55.9 Å². The van der Waals surface area contributed by atoms with Gasteiger partial charge in [-0.25, -0.2) is 0 Å². The Morgan fingerprint density at radius 3 is 2.83 bits per heavy atom. The molecule has 0 aliphatic carbocycles. The standard InChI is InChI=1S/C18H28N2O3/c1-23-12-3-2-9-19-17-6-4-5-16(13-17)18(22)20-10-7-15(14-21)8-11-20/h4-6,13,15,19,21H,2-3,7-12,14H2,1H3. The highest BCUT2D eigenvalue weighted by molar-refractivity contribution is 5.95. The Balaban J connectivity index is 1.85. The summed E-state index contributed by atoms with van der Waals surface area (Å²) >= 11 is 0. The highest BCUT2D eigenvalue weighted by atomic mass is 16.5. The van der Waals surface area contributed by atoms with Gasteiger partial charge in [-0.15, -0.1) is 0 Å². The van der Waals surface area contributed by atoms with E-state index in [1.54, 1.807) is 7.11 Å². The fourth-order valence-corrected chi connectivity index (χ4v) is 2.87. The van der Waals surface area contributed by atoms with E-state index in [-0.39, 0.29) is 12.5 Å². The quantitative estimate of drug-likeness (QED) is 0.722. The molecule has 2 N–H and O–H groups in total. The second-order valence-corrected chi connectivity index (χ2v) is 6.13. The molecule has 0 atom stereocenters. The van der Waals surface area contributed by atoms with Crippen molar-refractivity contribution in [3.63, 3.8) is 0 Å². The third-order valence-electron chi connectivity index (χ3n) is 4.37. The molecule has 1 aliphatic rings. The minimum absolute atomic E-state index is 0.0874. The van der Waals surface area contributed by atoms with Crippen molar-refractivity contribution in [3.05, 3.63) is 29.8 Å². The topological polar surface area (TPSA) is 61.8 Å². The van der Waals surface area contributed by atoms with Crippen molar-refractivity contribution in [2.45, 2.75) is 25.7 Å². The van der Waals surface area contributed by atoms with E-state index >= 15 is 0 Å². The first-order valence-corrected chi connectivity index (χ1v) is 8.47. The molecule has 0 radical (unpaired) electrons. The van der Waals surface area contributed by atoms with Gasteiger partial charge in [-0.05, 0) is 49.8 Å². The molecule has 0 saturated carbocycles. The summed E-state index contributed by atoms with van der Waals surface area (Å²) in [6.45, 7) is 3.36. The molecule has 23 heavy (non-hydrogen) atoms. The average Bonchev–Trinajstić information content (AvgIpc) is 2.61. The number of piperidine rings is 1. The van der Waals surface area contributed by atoms with Gasteiger partial charge in [0.25, 0.3) is 5.91 Å². The Morgan fingerprint density at radius 2 is 2.13 bits per heavy atom. The van der Waals surface area contributed by atoms with Crippen molar-refractivity contribution in [2.24, 2.45) is 5.92 Å². The fraction of sp³-hybridized carbons (Fsp3) is 0.611. The van der Waals surface area contributed by atoms with Crippen LogP contribution in [0.15, 0.2) is 24.3 Å². The largest absolute Gasteiger partial charge is 0.396 e. The Labute approximate surface area is 138 Å². The molecule has 128 valence electrons. The van der Waals surface area contributed by atoms with Crippen LogP contribution in [0.25, 0.3) is 0 Å². The van der Waals surface area contributed by atoms with Gasteiger partial charge in [0, 0.05) is 51.2 Å². The number of hydrogen-bond acceptors (Lipinski definition) is 4. The normalized spacial score (nSPS) is 15.7. The van der Waals surface area contributed by atoms with Crippen molar-refractivity contribution in [1.82, 2.24) is 4.90 Å². The predicted molar refractivity (Wildman–Crippen MR) is 91.8 cm³/mol. The fourth-order valence-electron chi connectivity index (χ4n) is 2.87. The lowest BCUT2D eigenvalue weighted by Gasteiger charge is -2.31. The molecular weight excluding hydrogens is 292 g/mol. The number of nitrogens with zero attached hydrogens (tertiary/aromatic N) is 1. The molecule has 1 heterocycles. The molecule has 1 aromatic rings. The monoisotopic (exact) mass is 320 g/mol. The lowest BCUT2D eigenvalue weighted by Crippen LogP contribution is -2.39. The molecule has 2 rings (SSSR count). The summed E-state index contributed by atoms with van der Waals surface area (Å²) in [7, 11) is 1.71. The first-order chi connectivity index (χ1) is 11.2. The number of nitrogens with one attached hydrogen (secondary N) is 1. The smallest absolute Gasteiger partial charge is 0.253 e. The van der Waals surface area contributed by atoms with E-state index in [2.05, 4.69) is 5.32 Å². The van der Waals surface area contributed by atoms with Gasteiger partial charge in [-0.1, -0.05) is 6.07 Å². The number of benzene rings is 1. The molecule has 1 aliphatic heterocycles. The number of aliphatic hydroxyl groups excluding tert-OH is 1. The maximum Gasteiger partial charge on any atom is 0.253 e. The molecule has 0 bridgehead atoms. The summed E-state index contributed by atoms with van der Waals surface area (Å²) in [4.78, 5) is 14.5. The minimum atomic E-state index is 0.0874. The number of hydrogen-bond donors (Lipinski definition) is 2. The van der Waals surface area contributed by atoms with E-state index < -0.39 is 0 Å². The van der Waals surface area contributed by atoms with Gasteiger partial charge in [0.2, 0.25) is 0 Å². The van der Waals surface area contributed by atoms with Crippen molar-refractivity contribution in [3.8, 4) is 0 Å². The second-order valence-electron chi connectivity index (χ2n) is 6.13. The van der Waals surface area contributed by atoms with Crippen LogP contribution in [0.5, 0.6) is 0 Å². The van der Waals surface area contributed by atoms with Crippen LogP contribution in [0, 0.1) is 5.92 Å². The lowest BCUT2D eigenvalue weighted by atomic mass is 9.97. The molecule has 1 saturated heterocycles. The maximum absolute atomic E-state index is 12.6. The van der Waals surface area contributed by atoms with Gasteiger partial charge < -0.3 is 20.1 Å². The predicted octanol–water partition coefficient (Wildman–Crippen LogP) is 2.37. The van der Waals surface area contributed by atoms with E-state index in [0.717, 1.165) is 63.2 Å². The Morgan fingerprint density at radius 1 is 1.35 bits per heavy atom. The number of ether oxygens (including phenoxy) is 1. The van der Waals surface area contributed by atoms with Crippen LogP contribution in [-0.2, 0) is 4.74 Å². The molecule has 1 fully saturated rings. The number of rotatable bonds is 8. The van der Waals surface area contributed by atoms with Crippen molar-refractivity contribution in [2.75, 3.05) is 45.3 Å². The van der Waals surface area contributed by atoms with Crippen molar-refractivity contribution >= 4 is 11.6 Å². The van der Waals surface area contributed by atoms with E-state index in [4.69, 9.17) is 4.74 Å². The highest BCUT2D eigenvalue weighted by Crippen LogP contribution is 2.19.